The molecule has 2 rings (SSSR count). The molecule has 0 aliphatic carbocycles. The summed E-state index contributed by atoms with van der Waals surface area (Å²) in [6.07, 6.45) is 5.74. The number of aromatic nitrogens is 2. The third kappa shape index (κ3) is 3.08. The minimum atomic E-state index is 0.739. The smallest absolute Gasteiger partial charge is 0.224 e. The first-order valence-corrected chi connectivity index (χ1v) is 6.65. The summed E-state index contributed by atoms with van der Waals surface area (Å²) in [5, 5.41) is 3.16. The highest BCUT2D eigenvalue weighted by Crippen LogP contribution is 2.23. The average molecular weight is 234 g/mol. The van der Waals surface area contributed by atoms with Crippen molar-refractivity contribution in [3.8, 4) is 0 Å². The molecule has 1 N–H and O–H groups in total. The zero-order chi connectivity index (χ0) is 12.1. The van der Waals surface area contributed by atoms with Gasteiger partial charge < -0.3 is 10.2 Å². The van der Waals surface area contributed by atoms with Crippen LogP contribution in [0.5, 0.6) is 0 Å². The quantitative estimate of drug-likeness (QED) is 0.869. The van der Waals surface area contributed by atoms with Gasteiger partial charge in [-0.1, -0.05) is 13.3 Å². The second kappa shape index (κ2) is 5.84. The van der Waals surface area contributed by atoms with Crippen molar-refractivity contribution in [2.75, 3.05) is 29.9 Å². The van der Waals surface area contributed by atoms with Crippen LogP contribution in [-0.4, -0.2) is 29.6 Å². The maximum Gasteiger partial charge on any atom is 0.224 e. The van der Waals surface area contributed by atoms with Gasteiger partial charge in [-0.2, -0.15) is 4.98 Å². The summed E-state index contributed by atoms with van der Waals surface area (Å²) in [7, 11) is 0. The van der Waals surface area contributed by atoms with Crippen molar-refractivity contribution >= 4 is 11.8 Å². The zero-order valence-corrected chi connectivity index (χ0v) is 10.8. The lowest BCUT2D eigenvalue weighted by atomic mass is 9.96. The molecule has 1 aliphatic rings. The van der Waals surface area contributed by atoms with E-state index >= 15 is 0 Å². The molecule has 94 valence electrons. The third-order valence-corrected chi connectivity index (χ3v) is 3.40. The predicted octanol–water partition coefficient (Wildman–Crippen LogP) is 2.53. The summed E-state index contributed by atoms with van der Waals surface area (Å²) in [6.45, 7) is 7.46. The van der Waals surface area contributed by atoms with Gasteiger partial charge in [0.2, 0.25) is 5.95 Å². The normalized spacial score (nSPS) is 20.4. The van der Waals surface area contributed by atoms with E-state index in [-0.39, 0.29) is 0 Å². The Balaban J connectivity index is 2.07. The van der Waals surface area contributed by atoms with E-state index in [1.165, 1.54) is 19.3 Å². The maximum atomic E-state index is 4.56. The maximum absolute atomic E-state index is 4.56. The molecular formula is C13H22N4. The molecule has 0 radical (unpaired) electrons. The van der Waals surface area contributed by atoms with Gasteiger partial charge in [-0.05, 0) is 31.7 Å². The van der Waals surface area contributed by atoms with E-state index in [2.05, 4.69) is 34.0 Å². The molecule has 4 nitrogen and oxygen atoms in total. The Morgan fingerprint density at radius 2 is 2.35 bits per heavy atom. The molecule has 0 aromatic carbocycles. The van der Waals surface area contributed by atoms with Crippen molar-refractivity contribution in [3.63, 3.8) is 0 Å². The summed E-state index contributed by atoms with van der Waals surface area (Å²) >= 11 is 0. The van der Waals surface area contributed by atoms with E-state index in [1.807, 2.05) is 12.3 Å². The number of anilines is 2. The van der Waals surface area contributed by atoms with Crippen molar-refractivity contribution in [1.29, 1.82) is 0 Å². The Morgan fingerprint density at radius 1 is 1.47 bits per heavy atom. The lowest BCUT2D eigenvalue weighted by molar-refractivity contribution is 0.403. The van der Waals surface area contributed by atoms with Gasteiger partial charge in [0.15, 0.2) is 0 Å². The van der Waals surface area contributed by atoms with Gasteiger partial charge in [-0.25, -0.2) is 4.98 Å². The molecule has 1 aromatic heterocycles. The van der Waals surface area contributed by atoms with Crippen LogP contribution in [0.1, 0.15) is 33.1 Å². The zero-order valence-electron chi connectivity index (χ0n) is 10.8. The van der Waals surface area contributed by atoms with E-state index in [9.17, 15) is 0 Å². The molecular weight excluding hydrogens is 212 g/mol. The number of hydrogen-bond acceptors (Lipinski definition) is 4. The van der Waals surface area contributed by atoms with Gasteiger partial charge >= 0.3 is 0 Å². The van der Waals surface area contributed by atoms with Crippen molar-refractivity contribution in [3.05, 3.63) is 12.3 Å². The molecule has 1 aromatic rings. The van der Waals surface area contributed by atoms with Gasteiger partial charge in [-0.3, -0.25) is 0 Å². The van der Waals surface area contributed by atoms with E-state index in [0.29, 0.717) is 0 Å². The highest BCUT2D eigenvalue weighted by molar-refractivity contribution is 5.42. The van der Waals surface area contributed by atoms with Crippen LogP contribution in [0.25, 0.3) is 0 Å². The Bertz CT molecular complexity index is 353. The molecule has 1 aliphatic heterocycles. The summed E-state index contributed by atoms with van der Waals surface area (Å²) < 4.78 is 0. The van der Waals surface area contributed by atoms with E-state index in [4.69, 9.17) is 0 Å². The summed E-state index contributed by atoms with van der Waals surface area (Å²) in [4.78, 5) is 11.2. The summed E-state index contributed by atoms with van der Waals surface area (Å²) in [6, 6.07) is 2.01. The number of hydrogen-bond donors (Lipinski definition) is 1. The van der Waals surface area contributed by atoms with Gasteiger partial charge in [0.25, 0.3) is 0 Å². The lowest BCUT2D eigenvalue weighted by Gasteiger charge is -2.33. The molecule has 0 amide bonds. The fourth-order valence-electron chi connectivity index (χ4n) is 2.37. The van der Waals surface area contributed by atoms with Gasteiger partial charge in [0.05, 0.1) is 0 Å². The van der Waals surface area contributed by atoms with E-state index in [1.54, 1.807) is 0 Å². The molecule has 1 fully saturated rings. The van der Waals surface area contributed by atoms with E-state index in [0.717, 1.165) is 37.3 Å². The molecule has 1 atom stereocenters. The average Bonchev–Trinajstić information content (AvgIpc) is 2.40. The van der Waals surface area contributed by atoms with Crippen molar-refractivity contribution in [1.82, 2.24) is 9.97 Å². The Morgan fingerprint density at radius 3 is 3.12 bits per heavy atom. The molecule has 0 spiro atoms. The van der Waals surface area contributed by atoms with Gasteiger partial charge in [-0.15, -0.1) is 0 Å². The number of piperidine rings is 1. The predicted molar refractivity (Wildman–Crippen MR) is 71.4 cm³/mol. The first-order chi connectivity index (χ1) is 8.33. The van der Waals surface area contributed by atoms with Crippen molar-refractivity contribution in [2.45, 2.75) is 33.1 Å². The number of nitrogens with one attached hydrogen (secondary N) is 1. The first kappa shape index (κ1) is 12.1. The first-order valence-electron chi connectivity index (χ1n) is 6.65. The van der Waals surface area contributed by atoms with Crippen LogP contribution in [0.15, 0.2) is 12.3 Å². The molecule has 17 heavy (non-hydrogen) atoms. The Labute approximate surface area is 103 Å². The Hall–Kier alpha value is -1.32. The van der Waals surface area contributed by atoms with Crippen LogP contribution in [0.2, 0.25) is 0 Å². The minimum absolute atomic E-state index is 0.739. The highest BCUT2D eigenvalue weighted by atomic mass is 15.2. The van der Waals surface area contributed by atoms with E-state index < -0.39 is 0 Å². The van der Waals surface area contributed by atoms with Crippen LogP contribution >= 0.6 is 0 Å². The molecule has 0 saturated carbocycles. The minimum Gasteiger partial charge on any atom is -0.356 e. The molecule has 1 unspecified atom stereocenters. The SMILES string of the molecule is CCNc1nccc(N2CCCC(CC)C2)n1. The fourth-order valence-corrected chi connectivity index (χ4v) is 2.37. The summed E-state index contributed by atoms with van der Waals surface area (Å²) in [5.74, 6) is 2.62. The highest BCUT2D eigenvalue weighted by Gasteiger charge is 2.19. The largest absolute Gasteiger partial charge is 0.356 e. The second-order valence-corrected chi connectivity index (χ2v) is 4.63. The van der Waals surface area contributed by atoms with Crippen LogP contribution in [0.3, 0.4) is 0 Å². The van der Waals surface area contributed by atoms with Crippen LogP contribution < -0.4 is 10.2 Å². The lowest BCUT2D eigenvalue weighted by Crippen LogP contribution is -2.35. The number of rotatable bonds is 4. The molecule has 2 heterocycles. The third-order valence-electron chi connectivity index (χ3n) is 3.40. The molecule has 4 heteroatoms. The summed E-state index contributed by atoms with van der Waals surface area (Å²) in [5.41, 5.74) is 0. The van der Waals surface area contributed by atoms with Crippen molar-refractivity contribution < 1.29 is 0 Å². The van der Waals surface area contributed by atoms with Crippen LogP contribution in [-0.2, 0) is 0 Å². The fraction of sp³-hybridized carbons (Fsp3) is 0.692. The van der Waals surface area contributed by atoms with Crippen molar-refractivity contribution in [2.24, 2.45) is 5.92 Å². The molecule has 0 bridgehead atoms. The topological polar surface area (TPSA) is 41.1 Å². The van der Waals surface area contributed by atoms with Gasteiger partial charge in [0, 0.05) is 25.8 Å². The monoisotopic (exact) mass is 234 g/mol. The molecule has 1 saturated heterocycles. The standard InChI is InChI=1S/C13H22N4/c1-3-11-6-5-9-17(10-11)12-7-8-15-13(16-12)14-4-2/h7-8,11H,3-6,9-10H2,1-2H3,(H,14,15,16). The number of nitrogens with zero attached hydrogens (tertiary/aromatic N) is 3. The van der Waals surface area contributed by atoms with Crippen LogP contribution in [0.4, 0.5) is 11.8 Å². The van der Waals surface area contributed by atoms with Gasteiger partial charge in [0.1, 0.15) is 5.82 Å². The second-order valence-electron chi connectivity index (χ2n) is 4.63. The Kier molecular flexibility index (Phi) is 4.18. The van der Waals surface area contributed by atoms with Crippen LogP contribution in [0, 0.1) is 5.92 Å².